The van der Waals surface area contributed by atoms with Gasteiger partial charge in [-0.25, -0.2) is 4.98 Å². The molecule has 4 nitrogen and oxygen atoms in total. The van der Waals surface area contributed by atoms with Crippen molar-refractivity contribution in [3.05, 3.63) is 76.9 Å². The van der Waals surface area contributed by atoms with E-state index in [1.807, 2.05) is 29.0 Å². The summed E-state index contributed by atoms with van der Waals surface area (Å²) in [4.78, 5) is 17.8. The Hall–Kier alpha value is -3.13. The molecule has 2 aromatic carbocycles. The van der Waals surface area contributed by atoms with Crippen molar-refractivity contribution >= 4 is 27.9 Å². The third-order valence-electron chi connectivity index (χ3n) is 4.26. The van der Waals surface area contributed by atoms with Crippen LogP contribution in [0.3, 0.4) is 0 Å². The van der Waals surface area contributed by atoms with Crippen molar-refractivity contribution in [1.29, 1.82) is 0 Å². The van der Waals surface area contributed by atoms with Gasteiger partial charge in [-0.05, 0) is 37.3 Å². The maximum Gasteiger partial charge on any atom is 0.416 e. The minimum Gasteiger partial charge on any atom is -0.322 e. The van der Waals surface area contributed by atoms with Gasteiger partial charge in [0.2, 0.25) is 0 Å². The maximum absolute atomic E-state index is 12.8. The topological polar surface area (TPSA) is 46.4 Å². The highest BCUT2D eigenvalue weighted by atomic mass is 32.1. The fraction of sp³-hybridized carbons (Fsp3) is 0.100. The summed E-state index contributed by atoms with van der Waals surface area (Å²) in [6.07, 6.45) is -2.59. The zero-order valence-electron chi connectivity index (χ0n) is 14.6. The second-order valence-electron chi connectivity index (χ2n) is 6.27. The third kappa shape index (κ3) is 3.50. The number of anilines is 1. The van der Waals surface area contributed by atoms with E-state index >= 15 is 0 Å². The number of aryl methyl sites for hydroxylation is 1. The van der Waals surface area contributed by atoms with Crippen molar-refractivity contribution < 1.29 is 18.0 Å². The van der Waals surface area contributed by atoms with Crippen LogP contribution in [0, 0.1) is 6.92 Å². The summed E-state index contributed by atoms with van der Waals surface area (Å²) >= 11 is 1.54. The van der Waals surface area contributed by atoms with E-state index < -0.39 is 17.6 Å². The number of nitrogens with zero attached hydrogens (tertiary/aromatic N) is 2. The van der Waals surface area contributed by atoms with Crippen LogP contribution in [0.15, 0.2) is 60.1 Å². The van der Waals surface area contributed by atoms with Gasteiger partial charge in [-0.15, -0.1) is 11.3 Å². The van der Waals surface area contributed by atoms with E-state index in [0.29, 0.717) is 5.69 Å². The Balaban J connectivity index is 1.59. The zero-order chi connectivity index (χ0) is 19.9. The lowest BCUT2D eigenvalue weighted by atomic mass is 10.1. The Bertz CT molecular complexity index is 1180. The molecule has 0 atom stereocenters. The van der Waals surface area contributed by atoms with Crippen LogP contribution in [0.1, 0.15) is 21.6 Å². The number of rotatable bonds is 3. The number of nitrogens with one attached hydrogen (secondary N) is 1. The summed E-state index contributed by atoms with van der Waals surface area (Å²) in [7, 11) is 0. The highest BCUT2D eigenvalue weighted by Crippen LogP contribution is 2.30. The SMILES string of the molecule is Cc1csc2nc(-c3cccc(NC(=O)c4cccc(C(F)(F)F)c4)c3)cn12. The van der Waals surface area contributed by atoms with Gasteiger partial charge in [0.05, 0.1) is 11.3 Å². The van der Waals surface area contributed by atoms with Crippen molar-refractivity contribution in [3.63, 3.8) is 0 Å². The van der Waals surface area contributed by atoms with E-state index in [4.69, 9.17) is 0 Å². The lowest BCUT2D eigenvalue weighted by molar-refractivity contribution is -0.137. The molecule has 142 valence electrons. The van der Waals surface area contributed by atoms with Crippen LogP contribution in [0.25, 0.3) is 16.2 Å². The largest absolute Gasteiger partial charge is 0.416 e. The average Bonchev–Trinajstić information content (AvgIpc) is 3.24. The number of halogens is 3. The van der Waals surface area contributed by atoms with E-state index in [9.17, 15) is 18.0 Å². The maximum atomic E-state index is 12.8. The smallest absolute Gasteiger partial charge is 0.322 e. The number of imidazole rings is 1. The Morgan fingerprint density at radius 3 is 2.68 bits per heavy atom. The van der Waals surface area contributed by atoms with Gasteiger partial charge in [0.1, 0.15) is 0 Å². The number of benzene rings is 2. The molecule has 0 aliphatic rings. The Kier molecular flexibility index (Phi) is 4.43. The summed E-state index contributed by atoms with van der Waals surface area (Å²) in [6.45, 7) is 1.99. The molecule has 2 aromatic heterocycles. The summed E-state index contributed by atoms with van der Waals surface area (Å²) in [5.41, 5.74) is 2.20. The first-order chi connectivity index (χ1) is 13.3. The molecule has 0 saturated heterocycles. The van der Waals surface area contributed by atoms with Gasteiger partial charge in [0.15, 0.2) is 4.96 Å². The van der Waals surface area contributed by atoms with Gasteiger partial charge in [0.25, 0.3) is 5.91 Å². The molecule has 0 saturated carbocycles. The number of carbonyl (C=O) groups excluding carboxylic acids is 1. The van der Waals surface area contributed by atoms with Gasteiger partial charge >= 0.3 is 6.18 Å². The summed E-state index contributed by atoms with van der Waals surface area (Å²) < 4.78 is 40.5. The first-order valence-electron chi connectivity index (χ1n) is 8.33. The van der Waals surface area contributed by atoms with Gasteiger partial charge in [-0.1, -0.05) is 18.2 Å². The van der Waals surface area contributed by atoms with Crippen molar-refractivity contribution in [3.8, 4) is 11.3 Å². The summed E-state index contributed by atoms with van der Waals surface area (Å²) in [5, 5.41) is 4.66. The number of carbonyl (C=O) groups is 1. The molecule has 8 heteroatoms. The van der Waals surface area contributed by atoms with Crippen LogP contribution in [0.5, 0.6) is 0 Å². The van der Waals surface area contributed by atoms with E-state index in [1.165, 1.54) is 23.5 Å². The third-order valence-corrected chi connectivity index (χ3v) is 5.21. The fourth-order valence-corrected chi connectivity index (χ4v) is 3.68. The van der Waals surface area contributed by atoms with Crippen molar-refractivity contribution in [2.24, 2.45) is 0 Å². The molecule has 0 aliphatic heterocycles. The highest BCUT2D eigenvalue weighted by Gasteiger charge is 2.30. The first kappa shape index (κ1) is 18.2. The molecule has 1 amide bonds. The van der Waals surface area contributed by atoms with Crippen molar-refractivity contribution in [2.45, 2.75) is 13.1 Å². The second-order valence-corrected chi connectivity index (χ2v) is 7.11. The summed E-state index contributed by atoms with van der Waals surface area (Å²) in [5.74, 6) is -0.607. The van der Waals surface area contributed by atoms with Crippen molar-refractivity contribution in [2.75, 3.05) is 5.32 Å². The standard InChI is InChI=1S/C20H14F3N3OS/c1-12-11-28-19-25-17(10-26(12)19)13-4-3-7-16(9-13)24-18(27)14-5-2-6-15(8-14)20(21,22)23/h2-11H,1H3,(H,24,27). The number of aromatic nitrogens is 2. The molecule has 0 bridgehead atoms. The molecule has 4 rings (SSSR count). The van der Waals surface area contributed by atoms with Crippen molar-refractivity contribution in [1.82, 2.24) is 9.38 Å². The average molecular weight is 401 g/mol. The van der Waals surface area contributed by atoms with E-state index in [0.717, 1.165) is 34.0 Å². The molecular weight excluding hydrogens is 387 g/mol. The van der Waals surface area contributed by atoms with E-state index in [2.05, 4.69) is 10.3 Å². The minimum atomic E-state index is -4.50. The Morgan fingerprint density at radius 1 is 1.14 bits per heavy atom. The van der Waals surface area contributed by atoms with Crippen LogP contribution in [0.2, 0.25) is 0 Å². The molecule has 0 spiro atoms. The van der Waals surface area contributed by atoms with Crippen LogP contribution in [0.4, 0.5) is 18.9 Å². The second kappa shape index (κ2) is 6.79. The molecule has 0 fully saturated rings. The minimum absolute atomic E-state index is 0.0571. The molecule has 0 radical (unpaired) electrons. The Morgan fingerprint density at radius 2 is 1.93 bits per heavy atom. The van der Waals surface area contributed by atoms with E-state index in [-0.39, 0.29) is 5.56 Å². The van der Waals surface area contributed by atoms with Gasteiger partial charge in [-0.2, -0.15) is 13.2 Å². The normalized spacial score (nSPS) is 11.7. The van der Waals surface area contributed by atoms with Crippen LogP contribution >= 0.6 is 11.3 Å². The number of alkyl halides is 3. The molecule has 2 heterocycles. The van der Waals surface area contributed by atoms with E-state index in [1.54, 1.807) is 18.2 Å². The van der Waals surface area contributed by atoms with Crippen LogP contribution in [-0.4, -0.2) is 15.3 Å². The fourth-order valence-electron chi connectivity index (χ4n) is 2.83. The van der Waals surface area contributed by atoms with Gasteiger partial charge in [0, 0.05) is 34.1 Å². The number of amides is 1. The number of thiazole rings is 1. The number of fused-ring (bicyclic) bond motifs is 1. The quantitative estimate of drug-likeness (QED) is 0.483. The first-order valence-corrected chi connectivity index (χ1v) is 9.21. The predicted octanol–water partition coefficient (Wildman–Crippen LogP) is 5.64. The van der Waals surface area contributed by atoms with Gasteiger partial charge < -0.3 is 5.32 Å². The lowest BCUT2D eigenvalue weighted by Crippen LogP contribution is -2.13. The van der Waals surface area contributed by atoms with Crippen LogP contribution in [-0.2, 0) is 6.18 Å². The molecular formula is C20H14F3N3OS. The zero-order valence-corrected chi connectivity index (χ0v) is 15.4. The summed E-state index contributed by atoms with van der Waals surface area (Å²) in [6, 6.07) is 11.4. The lowest BCUT2D eigenvalue weighted by Gasteiger charge is -2.10. The molecule has 0 aliphatic carbocycles. The van der Waals surface area contributed by atoms with Gasteiger partial charge in [-0.3, -0.25) is 9.20 Å². The number of hydrogen-bond acceptors (Lipinski definition) is 3. The molecule has 4 aromatic rings. The predicted molar refractivity (Wildman–Crippen MR) is 103 cm³/mol. The Labute approximate surface area is 162 Å². The molecule has 1 N–H and O–H groups in total. The molecule has 0 unspecified atom stereocenters. The monoisotopic (exact) mass is 401 g/mol. The highest BCUT2D eigenvalue weighted by molar-refractivity contribution is 7.15. The molecule has 28 heavy (non-hydrogen) atoms. The van der Waals surface area contributed by atoms with Crippen LogP contribution < -0.4 is 5.32 Å². The number of hydrogen-bond donors (Lipinski definition) is 1.